The van der Waals surface area contributed by atoms with Crippen molar-refractivity contribution in [2.75, 3.05) is 9.80 Å². The van der Waals surface area contributed by atoms with Crippen molar-refractivity contribution < 1.29 is 51.4 Å². The molecule has 386 valence electrons. The van der Waals surface area contributed by atoms with Crippen LogP contribution in [-0.2, 0) is 15.3 Å². The maximum atomic E-state index is 14.2. The van der Waals surface area contributed by atoms with Gasteiger partial charge in [0, 0.05) is 11.5 Å². The molecule has 3 heterocycles. The molecule has 1 fully saturated rings. The molecular formula is C63H47N3O11S. The molecule has 1 saturated carbocycles. The number of anilines is 2. The monoisotopic (exact) mass is 1050 g/mol. The van der Waals surface area contributed by atoms with E-state index in [1.165, 1.54) is 77.7 Å². The van der Waals surface area contributed by atoms with Gasteiger partial charge in [-0.25, -0.2) is 18.2 Å². The summed E-state index contributed by atoms with van der Waals surface area (Å²) in [7, 11) is -4.34. The largest absolute Gasteiger partial charge is 0.457 e. The van der Waals surface area contributed by atoms with E-state index < -0.39 is 38.9 Å². The minimum Gasteiger partial charge on any atom is -0.457 e. The fourth-order valence-electron chi connectivity index (χ4n) is 10.7. The molecule has 0 aromatic heterocycles. The van der Waals surface area contributed by atoms with Crippen LogP contribution in [0.25, 0.3) is 0 Å². The Kier molecular flexibility index (Phi) is 12.2. The van der Waals surface area contributed by atoms with Gasteiger partial charge in [0.25, 0.3) is 35.4 Å². The molecular weight excluding hydrogens is 1010 g/mol. The van der Waals surface area contributed by atoms with Crippen molar-refractivity contribution in [1.82, 2.24) is 4.90 Å². The van der Waals surface area contributed by atoms with Gasteiger partial charge in [-0.15, -0.1) is 0 Å². The predicted molar refractivity (Wildman–Crippen MR) is 289 cm³/mol. The molecule has 12 rings (SSSR count). The molecule has 78 heavy (non-hydrogen) atoms. The molecule has 1 aliphatic carbocycles. The minimum absolute atomic E-state index is 0.0201. The number of imide groups is 3. The van der Waals surface area contributed by atoms with E-state index in [-0.39, 0.29) is 61.3 Å². The third kappa shape index (κ3) is 8.67. The van der Waals surface area contributed by atoms with Gasteiger partial charge in [-0.05, 0) is 151 Å². The van der Waals surface area contributed by atoms with E-state index in [4.69, 9.17) is 14.2 Å². The molecule has 8 aromatic rings. The Morgan fingerprint density at radius 1 is 0.385 bits per heavy atom. The first kappa shape index (κ1) is 49.4. The number of hydrogen-bond acceptors (Lipinski definition) is 11. The zero-order valence-electron chi connectivity index (χ0n) is 42.2. The van der Waals surface area contributed by atoms with Crippen molar-refractivity contribution in [3.63, 3.8) is 0 Å². The van der Waals surface area contributed by atoms with E-state index in [0.717, 1.165) is 53.0 Å². The second kappa shape index (κ2) is 19.3. The number of benzene rings is 8. The van der Waals surface area contributed by atoms with E-state index in [9.17, 15) is 37.2 Å². The first-order valence-corrected chi connectivity index (χ1v) is 26.9. The number of nitrogens with zero attached hydrogens (tertiary/aromatic N) is 3. The van der Waals surface area contributed by atoms with Crippen LogP contribution in [0.3, 0.4) is 0 Å². The van der Waals surface area contributed by atoms with Crippen molar-refractivity contribution in [2.24, 2.45) is 0 Å². The number of para-hydroxylation sites is 1. The summed E-state index contributed by atoms with van der Waals surface area (Å²) < 4.78 is 46.7. The highest BCUT2D eigenvalue weighted by Gasteiger charge is 2.42. The number of rotatable bonds is 13. The Balaban J connectivity index is 0.701. The SMILES string of the molecule is CC(C)(c1ccc(Oc2ccc3c(c2)C(=O)N(c2cccc(S(=O)(=O)c4cccc(N5C(=O)c6ccc(Oc7ccccc7)cc6C5=O)c4)c2)C3=O)cc1)c1ccc(Oc2ccc3c(c2)C(=O)N(C2CCCCC2)C3=O)cc1. The van der Waals surface area contributed by atoms with Gasteiger partial charge in [0.1, 0.15) is 34.5 Å². The van der Waals surface area contributed by atoms with Gasteiger partial charge in [-0.3, -0.25) is 33.7 Å². The van der Waals surface area contributed by atoms with Gasteiger partial charge in [-0.1, -0.05) is 87.7 Å². The zero-order chi connectivity index (χ0) is 54.0. The number of ether oxygens (including phenoxy) is 3. The van der Waals surface area contributed by atoms with Crippen molar-refractivity contribution >= 4 is 56.7 Å². The second-order valence-corrected chi connectivity index (χ2v) is 22.0. The molecule has 8 aromatic carbocycles. The van der Waals surface area contributed by atoms with Crippen molar-refractivity contribution in [3.05, 3.63) is 226 Å². The van der Waals surface area contributed by atoms with E-state index in [1.807, 2.05) is 54.6 Å². The molecule has 14 nitrogen and oxygen atoms in total. The van der Waals surface area contributed by atoms with Gasteiger partial charge >= 0.3 is 0 Å². The highest BCUT2D eigenvalue weighted by atomic mass is 32.2. The smallest absolute Gasteiger partial charge is 0.266 e. The molecule has 0 saturated heterocycles. The summed E-state index contributed by atoms with van der Waals surface area (Å²) in [6, 6.07) is 49.2. The topological polar surface area (TPSA) is 174 Å². The van der Waals surface area contributed by atoms with Crippen LogP contribution in [0.15, 0.2) is 192 Å². The number of sulfone groups is 1. The lowest BCUT2D eigenvalue weighted by molar-refractivity contribution is 0.0547. The van der Waals surface area contributed by atoms with Crippen LogP contribution in [-0.4, -0.2) is 54.8 Å². The lowest BCUT2D eigenvalue weighted by atomic mass is 9.78. The quantitative estimate of drug-likeness (QED) is 0.101. The van der Waals surface area contributed by atoms with Gasteiger partial charge < -0.3 is 14.2 Å². The molecule has 6 amide bonds. The fourth-order valence-corrected chi connectivity index (χ4v) is 12.0. The highest BCUT2D eigenvalue weighted by Crippen LogP contribution is 2.40. The third-order valence-corrected chi connectivity index (χ3v) is 16.7. The summed E-state index contributed by atoms with van der Waals surface area (Å²) in [6.07, 6.45) is 4.82. The molecule has 0 atom stereocenters. The van der Waals surface area contributed by atoms with E-state index in [2.05, 4.69) is 13.8 Å². The number of carbonyl (C=O) groups is 6. The van der Waals surface area contributed by atoms with Gasteiger partial charge in [0.2, 0.25) is 9.84 Å². The fraction of sp³-hybridized carbons (Fsp3) is 0.143. The Bertz CT molecular complexity index is 3940. The first-order valence-electron chi connectivity index (χ1n) is 25.5. The Hall–Kier alpha value is -9.47. The van der Waals surface area contributed by atoms with Crippen LogP contribution >= 0.6 is 0 Å². The Morgan fingerprint density at radius 3 is 1.21 bits per heavy atom. The summed E-state index contributed by atoms with van der Waals surface area (Å²) in [5, 5.41) is 0. The Labute approximate surface area is 448 Å². The minimum atomic E-state index is -4.34. The van der Waals surface area contributed by atoms with Crippen LogP contribution in [0.2, 0.25) is 0 Å². The summed E-state index contributed by atoms with van der Waals surface area (Å²) >= 11 is 0. The second-order valence-electron chi connectivity index (χ2n) is 20.1. The van der Waals surface area contributed by atoms with Crippen LogP contribution in [0.1, 0.15) is 119 Å². The molecule has 15 heteroatoms. The molecule has 4 aliphatic rings. The molecule has 0 unspecified atom stereocenters. The standard InChI is InChI=1S/C63H47N3O11S/c1-63(2,38-19-23-44(24-20-38)76-47-28-30-51-54(36-47)60(70)64(57(51)67)40-11-5-3-6-12-40)39-21-25-45(26-22-39)77-48-29-32-53-56(37-48)62(72)66(59(53)69)42-14-10-18-50(34-42)78(73,74)49-17-9-13-41(33-49)65-58(68)52-31-27-46(35-55(52)61(65)71)75-43-15-7-4-8-16-43/h4,7-10,13-37,40H,3,5-6,11-12H2,1-2H3. The molecule has 0 N–H and O–H groups in total. The van der Waals surface area contributed by atoms with Gasteiger partial charge in [0.05, 0.1) is 54.5 Å². The molecule has 0 radical (unpaired) electrons. The lowest BCUT2D eigenvalue weighted by Gasteiger charge is -2.29. The summed E-state index contributed by atoms with van der Waals surface area (Å²) in [5.74, 6) is -0.374. The first-order chi connectivity index (χ1) is 37.6. The Morgan fingerprint density at radius 2 is 0.756 bits per heavy atom. The maximum absolute atomic E-state index is 14.2. The van der Waals surface area contributed by atoms with Crippen LogP contribution in [0, 0.1) is 0 Å². The molecule has 3 aliphatic heterocycles. The molecule has 0 bridgehead atoms. The van der Waals surface area contributed by atoms with Crippen molar-refractivity contribution in [1.29, 1.82) is 0 Å². The maximum Gasteiger partial charge on any atom is 0.266 e. The normalized spacial score (nSPS) is 15.4. The van der Waals surface area contributed by atoms with Crippen LogP contribution < -0.4 is 24.0 Å². The summed E-state index contributed by atoms with van der Waals surface area (Å²) in [4.78, 5) is 84.5. The lowest BCUT2D eigenvalue weighted by Crippen LogP contribution is -2.40. The van der Waals surface area contributed by atoms with Crippen LogP contribution in [0.5, 0.6) is 34.5 Å². The van der Waals surface area contributed by atoms with E-state index in [1.54, 1.807) is 54.6 Å². The average molecular weight is 1050 g/mol. The van der Waals surface area contributed by atoms with Crippen molar-refractivity contribution in [2.45, 2.75) is 67.2 Å². The highest BCUT2D eigenvalue weighted by molar-refractivity contribution is 7.91. The predicted octanol–water partition coefficient (Wildman–Crippen LogP) is 12.8. The van der Waals surface area contributed by atoms with Gasteiger partial charge in [0.15, 0.2) is 0 Å². The van der Waals surface area contributed by atoms with E-state index >= 15 is 0 Å². The van der Waals surface area contributed by atoms with Crippen LogP contribution in [0.4, 0.5) is 11.4 Å². The summed E-state index contributed by atoms with van der Waals surface area (Å²) in [6.45, 7) is 4.19. The average Bonchev–Trinajstić information content (AvgIpc) is 4.09. The van der Waals surface area contributed by atoms with Crippen molar-refractivity contribution in [3.8, 4) is 34.5 Å². The summed E-state index contributed by atoms with van der Waals surface area (Å²) in [5.41, 5.74) is 2.81. The number of carbonyl (C=O) groups excluding carboxylic acids is 6. The number of hydrogen-bond donors (Lipinski definition) is 0. The number of amides is 6. The third-order valence-electron chi connectivity index (χ3n) is 14.9. The zero-order valence-corrected chi connectivity index (χ0v) is 43.0. The van der Waals surface area contributed by atoms with Gasteiger partial charge in [-0.2, -0.15) is 0 Å². The number of fused-ring (bicyclic) bond motifs is 3. The molecule has 0 spiro atoms. The van der Waals surface area contributed by atoms with E-state index in [0.29, 0.717) is 45.6 Å².